The number of pyridine rings is 1. The molecular weight excluding hydrogens is 270 g/mol. The number of nitrogens with one attached hydrogen (secondary N) is 1. The first-order chi connectivity index (χ1) is 10.4. The zero-order valence-electron chi connectivity index (χ0n) is 14.5. The quantitative estimate of drug-likeness (QED) is 0.526. The van der Waals surface area contributed by atoms with Gasteiger partial charge in [0.1, 0.15) is 0 Å². The van der Waals surface area contributed by atoms with Crippen LogP contribution in [0.15, 0.2) is 36.5 Å². The molecule has 0 amide bonds. The maximum atomic E-state index is 8.73. The molecule has 0 fully saturated rings. The van der Waals surface area contributed by atoms with E-state index < -0.39 is 0 Å². The molecule has 1 unspecified atom stereocenters. The average Bonchev–Trinajstić information content (AvgIpc) is 2.50. The maximum absolute atomic E-state index is 8.73. The van der Waals surface area contributed by atoms with Gasteiger partial charge >= 0.3 is 0 Å². The first kappa shape index (κ1) is 18.6. The Morgan fingerprint density at radius 3 is 2.50 bits per heavy atom. The van der Waals surface area contributed by atoms with Crippen LogP contribution in [0.25, 0.3) is 0 Å². The van der Waals surface area contributed by atoms with Crippen LogP contribution in [0, 0.1) is 17.2 Å². The molecule has 1 rings (SSSR count). The molecule has 0 aromatic carbocycles. The zero-order valence-corrected chi connectivity index (χ0v) is 14.5. The number of aromatic nitrogens is 1. The highest BCUT2D eigenvalue weighted by Gasteiger charge is 2.39. The summed E-state index contributed by atoms with van der Waals surface area (Å²) in [7, 11) is 0. The molecule has 0 spiro atoms. The molecule has 0 radical (unpaired) electrons. The Labute approximate surface area is 135 Å². The second-order valence-electron chi connectivity index (χ2n) is 6.60. The topological polar surface area (TPSA) is 62.8 Å². The lowest BCUT2D eigenvalue weighted by atomic mass is 9.67. The first-order valence-corrected chi connectivity index (χ1v) is 8.34. The van der Waals surface area contributed by atoms with Gasteiger partial charge in [0.2, 0.25) is 0 Å². The van der Waals surface area contributed by atoms with E-state index in [9.17, 15) is 0 Å². The molecule has 1 aromatic rings. The molecule has 3 N–H and O–H groups in total. The van der Waals surface area contributed by atoms with E-state index in [1.807, 2.05) is 24.4 Å². The largest absolute Gasteiger partial charge is 0.330 e. The van der Waals surface area contributed by atoms with Crippen molar-refractivity contribution in [3.05, 3.63) is 42.2 Å². The SMILES string of the molecule is CC(C)/C=C\C(=N)C(CCCCN)(c1ccccn1)C(C)C. The van der Waals surface area contributed by atoms with Gasteiger partial charge in [0.05, 0.1) is 11.1 Å². The number of nitrogens with zero attached hydrogens (tertiary/aromatic N) is 1. The summed E-state index contributed by atoms with van der Waals surface area (Å²) >= 11 is 0. The fourth-order valence-electron chi connectivity index (χ4n) is 2.91. The van der Waals surface area contributed by atoms with E-state index in [4.69, 9.17) is 11.1 Å². The van der Waals surface area contributed by atoms with Gasteiger partial charge in [-0.05, 0) is 49.4 Å². The molecule has 0 saturated carbocycles. The Kier molecular flexibility index (Phi) is 7.46. The molecule has 3 nitrogen and oxygen atoms in total. The predicted octanol–water partition coefficient (Wildman–Crippen LogP) is 4.34. The maximum Gasteiger partial charge on any atom is 0.0563 e. The van der Waals surface area contributed by atoms with Crippen molar-refractivity contribution in [1.82, 2.24) is 4.98 Å². The molecule has 0 bridgehead atoms. The van der Waals surface area contributed by atoms with Gasteiger partial charge < -0.3 is 11.1 Å². The van der Waals surface area contributed by atoms with Gasteiger partial charge in [0, 0.05) is 11.9 Å². The van der Waals surface area contributed by atoms with E-state index in [1.54, 1.807) is 0 Å². The summed E-state index contributed by atoms with van der Waals surface area (Å²) < 4.78 is 0. The summed E-state index contributed by atoms with van der Waals surface area (Å²) in [6, 6.07) is 6.00. The van der Waals surface area contributed by atoms with Crippen molar-refractivity contribution >= 4 is 5.71 Å². The van der Waals surface area contributed by atoms with Gasteiger partial charge in [0.25, 0.3) is 0 Å². The first-order valence-electron chi connectivity index (χ1n) is 8.34. The van der Waals surface area contributed by atoms with E-state index in [1.165, 1.54) is 0 Å². The Morgan fingerprint density at radius 1 is 1.27 bits per heavy atom. The minimum atomic E-state index is -0.332. The van der Waals surface area contributed by atoms with Crippen LogP contribution < -0.4 is 5.73 Å². The van der Waals surface area contributed by atoms with Crippen LogP contribution in [0.1, 0.15) is 52.7 Å². The second kappa shape index (κ2) is 8.84. The Balaban J connectivity index is 3.23. The van der Waals surface area contributed by atoms with Crippen molar-refractivity contribution in [2.75, 3.05) is 6.54 Å². The molecule has 1 aromatic heterocycles. The average molecular weight is 301 g/mol. The number of rotatable bonds is 9. The Bertz CT molecular complexity index is 477. The third kappa shape index (κ3) is 4.51. The molecule has 0 aliphatic carbocycles. The lowest BCUT2D eigenvalue weighted by Crippen LogP contribution is -2.40. The van der Waals surface area contributed by atoms with Crippen LogP contribution in [0.3, 0.4) is 0 Å². The van der Waals surface area contributed by atoms with Crippen LogP contribution in [-0.2, 0) is 5.41 Å². The molecule has 1 heterocycles. The summed E-state index contributed by atoms with van der Waals surface area (Å²) in [6.07, 6.45) is 8.83. The van der Waals surface area contributed by atoms with E-state index in [2.05, 4.69) is 44.8 Å². The third-order valence-corrected chi connectivity index (χ3v) is 4.26. The van der Waals surface area contributed by atoms with E-state index in [0.717, 1.165) is 25.0 Å². The summed E-state index contributed by atoms with van der Waals surface area (Å²) in [5, 5.41) is 8.73. The summed E-state index contributed by atoms with van der Waals surface area (Å²) in [4.78, 5) is 4.59. The molecule has 122 valence electrons. The summed E-state index contributed by atoms with van der Waals surface area (Å²) in [6.45, 7) is 9.35. The van der Waals surface area contributed by atoms with Crippen molar-refractivity contribution in [1.29, 1.82) is 5.41 Å². The molecule has 0 saturated heterocycles. The van der Waals surface area contributed by atoms with Crippen molar-refractivity contribution in [2.45, 2.75) is 52.4 Å². The predicted molar refractivity (Wildman–Crippen MR) is 95.4 cm³/mol. The van der Waals surface area contributed by atoms with Crippen molar-refractivity contribution < 1.29 is 0 Å². The van der Waals surface area contributed by atoms with Crippen molar-refractivity contribution in [3.63, 3.8) is 0 Å². The van der Waals surface area contributed by atoms with Gasteiger partial charge in [-0.1, -0.05) is 46.3 Å². The van der Waals surface area contributed by atoms with Crippen LogP contribution in [0.4, 0.5) is 0 Å². The third-order valence-electron chi connectivity index (χ3n) is 4.26. The highest BCUT2D eigenvalue weighted by Crippen LogP contribution is 2.38. The van der Waals surface area contributed by atoms with Crippen LogP contribution in [0.2, 0.25) is 0 Å². The van der Waals surface area contributed by atoms with Gasteiger partial charge in [-0.3, -0.25) is 4.98 Å². The van der Waals surface area contributed by atoms with Crippen molar-refractivity contribution in [3.8, 4) is 0 Å². The van der Waals surface area contributed by atoms with Crippen LogP contribution in [-0.4, -0.2) is 17.2 Å². The minimum absolute atomic E-state index is 0.310. The van der Waals surface area contributed by atoms with Gasteiger partial charge in [0.15, 0.2) is 0 Å². The van der Waals surface area contributed by atoms with Gasteiger partial charge in [-0.15, -0.1) is 0 Å². The van der Waals surface area contributed by atoms with E-state index in [-0.39, 0.29) is 5.41 Å². The molecule has 0 aliphatic heterocycles. The summed E-state index contributed by atoms with van der Waals surface area (Å²) in [5.41, 5.74) is 6.99. The standard InChI is InChI=1S/C19H31N3/c1-15(2)10-11-17(21)19(16(3)4,12-6-7-13-20)18-9-5-8-14-22-18/h5,8-11,14-16,21H,6-7,12-13,20H2,1-4H3/b11-10-,21-17?. The second-order valence-corrected chi connectivity index (χ2v) is 6.60. The summed E-state index contributed by atoms with van der Waals surface area (Å²) in [5.74, 6) is 0.752. The number of hydrogen-bond donors (Lipinski definition) is 2. The number of unbranched alkanes of at least 4 members (excludes halogenated alkanes) is 1. The van der Waals surface area contributed by atoms with Crippen molar-refractivity contribution in [2.24, 2.45) is 17.6 Å². The number of nitrogens with two attached hydrogens (primary N) is 1. The smallest absolute Gasteiger partial charge is 0.0563 e. The molecule has 0 aliphatic rings. The normalized spacial score (nSPS) is 14.7. The van der Waals surface area contributed by atoms with Crippen LogP contribution in [0.5, 0.6) is 0 Å². The van der Waals surface area contributed by atoms with E-state index >= 15 is 0 Å². The molecular formula is C19H31N3. The fourth-order valence-corrected chi connectivity index (χ4v) is 2.91. The number of hydrogen-bond acceptors (Lipinski definition) is 3. The Hall–Kier alpha value is -1.48. The minimum Gasteiger partial charge on any atom is -0.330 e. The Morgan fingerprint density at radius 2 is 2.00 bits per heavy atom. The fraction of sp³-hybridized carbons (Fsp3) is 0.579. The zero-order chi connectivity index (χ0) is 16.6. The van der Waals surface area contributed by atoms with Crippen LogP contribution >= 0.6 is 0 Å². The number of allylic oxidation sites excluding steroid dienone is 2. The highest BCUT2D eigenvalue weighted by atomic mass is 14.7. The van der Waals surface area contributed by atoms with E-state index in [0.29, 0.717) is 24.1 Å². The van der Waals surface area contributed by atoms with Gasteiger partial charge in [-0.2, -0.15) is 0 Å². The monoisotopic (exact) mass is 301 g/mol. The molecule has 1 atom stereocenters. The lowest BCUT2D eigenvalue weighted by molar-refractivity contribution is 0.364. The lowest BCUT2D eigenvalue weighted by Gasteiger charge is -2.37. The van der Waals surface area contributed by atoms with Gasteiger partial charge in [-0.25, -0.2) is 0 Å². The highest BCUT2D eigenvalue weighted by molar-refractivity contribution is 6.01. The molecule has 3 heteroatoms. The molecule has 22 heavy (non-hydrogen) atoms.